The van der Waals surface area contributed by atoms with Gasteiger partial charge in [0, 0.05) is 36.7 Å². The number of likely N-dealkylation sites (N-methyl/N-ethyl adjacent to an activating group) is 1. The first-order valence-corrected chi connectivity index (χ1v) is 29.0. The molecule has 26 nitrogen and oxygen atoms in total. The maximum atomic E-state index is 16.0. The van der Waals surface area contributed by atoms with Crippen LogP contribution in [0.3, 0.4) is 0 Å². The van der Waals surface area contributed by atoms with Crippen LogP contribution in [0.5, 0.6) is 69.0 Å². The third-order valence-electron chi connectivity index (χ3n) is 15.5. The summed E-state index contributed by atoms with van der Waals surface area (Å²) >= 11 is 14.1. The van der Waals surface area contributed by atoms with Crippen molar-refractivity contribution < 1.29 is 83.1 Å². The highest BCUT2D eigenvalue weighted by atomic mass is 35.5. The molecule has 6 aliphatic heterocycles. The highest BCUT2D eigenvalue weighted by Gasteiger charge is 2.41. The van der Waals surface area contributed by atoms with E-state index in [0.717, 1.165) is 36.4 Å². The summed E-state index contributed by atoms with van der Waals surface area (Å²) < 4.78 is 25.6. The number of ether oxygens (including phenoxy) is 4. The van der Waals surface area contributed by atoms with E-state index in [1.807, 2.05) is 0 Å². The number of amides is 7. The van der Waals surface area contributed by atoms with E-state index in [0.29, 0.717) is 18.4 Å². The summed E-state index contributed by atoms with van der Waals surface area (Å²) in [4.78, 5) is 105. The van der Waals surface area contributed by atoms with Gasteiger partial charge in [0.2, 0.25) is 47.1 Å². The molecule has 28 heteroatoms. The molecule has 0 aromatic heterocycles. The van der Waals surface area contributed by atoms with Gasteiger partial charge in [-0.05, 0) is 137 Å². The molecule has 0 unspecified atom stereocenters. The zero-order chi connectivity index (χ0) is 64.7. The number of nitrogens with one attached hydrogen (secondary N) is 7. The van der Waals surface area contributed by atoms with Crippen molar-refractivity contribution in [2.45, 2.75) is 67.7 Å². The van der Waals surface area contributed by atoms with E-state index in [4.69, 9.17) is 53.6 Å². The number of hydrogen-bond donors (Lipinski definition) is 15. The molecule has 0 spiro atoms. The third-order valence-corrected chi connectivity index (χ3v) is 16.1. The van der Waals surface area contributed by atoms with Crippen LogP contribution in [0.25, 0.3) is 11.1 Å². The zero-order valence-corrected chi connectivity index (χ0v) is 49.2. The number of aliphatic hydroxyl groups excluding tert-OH is 1. The number of unbranched alkanes of at least 4 members (excludes halogenated alkanes) is 1. The summed E-state index contributed by atoms with van der Waals surface area (Å²) in [6, 6.07) is 10.3. The lowest BCUT2D eigenvalue weighted by Crippen LogP contribution is -2.55. The Morgan fingerprint density at radius 3 is 1.86 bits per heavy atom. The smallest absolute Gasteiger partial charge is 0.248 e. The van der Waals surface area contributed by atoms with Crippen LogP contribution >= 0.6 is 23.2 Å². The first-order chi connectivity index (χ1) is 43.5. The number of fused-ring (bicyclic) bond motifs is 14. The average molecular weight is 1280 g/mol. The average Bonchev–Trinajstić information content (AvgIpc) is 0.839. The fraction of sp³-hybridized carbons (Fsp3) is 0.222. The SMILES string of the molecule is CNC(=O)[C@@H]1NC(=O)[C@H]2NC(=O)[C@H](NC(=O)[C@@H]3NC(=O)[C@H]4NC(=O)[C@@H](Cc5ccc(c(Cl)c5)Oc5cc3cc(c5OCCCCN)Oc3ccc(cc3Cl)[C@H]2O)NC(=O)[C@H](N)c2ccc(O)c(c2)Oc2cc(O)cc4c2)c2ccc(O)c(c2)-c2c(O)cc(O)cc21. The van der Waals surface area contributed by atoms with Crippen molar-refractivity contribution in [2.75, 3.05) is 20.2 Å². The molecule has 7 amide bonds. The number of halogens is 2. The van der Waals surface area contributed by atoms with Crippen LogP contribution in [0.2, 0.25) is 10.0 Å². The Balaban J connectivity index is 1.17. The molecule has 13 rings (SSSR count). The van der Waals surface area contributed by atoms with E-state index < -0.39 is 118 Å². The Kier molecular flexibility index (Phi) is 17.4. The van der Waals surface area contributed by atoms with Gasteiger partial charge in [0.25, 0.3) is 0 Å². The number of rotatable bonds is 6. The minimum absolute atomic E-state index is 0.0211. The molecule has 0 aliphatic carbocycles. The van der Waals surface area contributed by atoms with Gasteiger partial charge in [0.05, 0.1) is 16.7 Å². The van der Waals surface area contributed by atoms with Crippen molar-refractivity contribution in [3.05, 3.63) is 164 Å². The molecule has 0 saturated carbocycles. The number of carbonyl (C=O) groups excluding carboxylic acids is 7. The molecule has 8 atom stereocenters. The number of phenols is 5. The molecule has 7 aromatic rings. The van der Waals surface area contributed by atoms with Crippen molar-refractivity contribution in [1.29, 1.82) is 0 Å². The number of nitrogens with two attached hydrogens (primary N) is 2. The normalized spacial score (nSPS) is 21.3. The van der Waals surface area contributed by atoms with Crippen molar-refractivity contribution >= 4 is 64.6 Å². The second-order valence-corrected chi connectivity index (χ2v) is 22.5. The predicted molar refractivity (Wildman–Crippen MR) is 323 cm³/mol. The zero-order valence-electron chi connectivity index (χ0n) is 47.7. The largest absolute Gasteiger partial charge is 0.508 e. The second-order valence-electron chi connectivity index (χ2n) is 21.7. The number of carbonyl (C=O) groups is 7. The summed E-state index contributed by atoms with van der Waals surface area (Å²) in [5.41, 5.74) is 11.1. The van der Waals surface area contributed by atoms with Crippen LogP contribution in [0.15, 0.2) is 115 Å². The first kappa shape index (κ1) is 62.1. The highest BCUT2D eigenvalue weighted by molar-refractivity contribution is 6.32. The summed E-state index contributed by atoms with van der Waals surface area (Å²) in [7, 11) is 1.23. The van der Waals surface area contributed by atoms with Crippen LogP contribution in [0.1, 0.15) is 88.1 Å². The van der Waals surface area contributed by atoms with Crippen LogP contribution in [-0.4, -0.2) is 104 Å². The molecule has 470 valence electrons. The number of phenolic OH excluding ortho intramolecular Hbond substituents is 5. The Morgan fingerprint density at radius 1 is 0.571 bits per heavy atom. The lowest BCUT2D eigenvalue weighted by Gasteiger charge is -2.31. The predicted octanol–water partition coefficient (Wildman–Crippen LogP) is 5.06. The molecule has 6 aliphatic rings. The van der Waals surface area contributed by atoms with E-state index in [-0.39, 0.29) is 114 Å². The molecule has 17 bridgehead atoms. The Hall–Kier alpha value is -10.5. The molecular weight excluding hydrogens is 1230 g/mol. The summed E-state index contributed by atoms with van der Waals surface area (Å²) in [6.45, 7) is 0.267. The van der Waals surface area contributed by atoms with Gasteiger partial charge in [-0.15, -0.1) is 0 Å². The van der Waals surface area contributed by atoms with Gasteiger partial charge >= 0.3 is 0 Å². The van der Waals surface area contributed by atoms with Crippen molar-refractivity contribution in [1.82, 2.24) is 37.2 Å². The monoisotopic (exact) mass is 1280 g/mol. The number of aromatic hydroxyl groups is 5. The second kappa shape index (κ2) is 25.5. The maximum absolute atomic E-state index is 16.0. The maximum Gasteiger partial charge on any atom is 0.248 e. The van der Waals surface area contributed by atoms with Gasteiger partial charge in [-0.25, -0.2) is 0 Å². The summed E-state index contributed by atoms with van der Waals surface area (Å²) in [5, 5.41) is 86.5. The molecule has 6 heterocycles. The summed E-state index contributed by atoms with van der Waals surface area (Å²) in [6.07, 6.45) is -1.49. The number of aliphatic hydroxyl groups is 1. The minimum Gasteiger partial charge on any atom is -0.508 e. The van der Waals surface area contributed by atoms with Crippen molar-refractivity contribution in [3.8, 4) is 80.1 Å². The topological polar surface area (TPSA) is 414 Å². The Morgan fingerprint density at radius 2 is 1.18 bits per heavy atom. The summed E-state index contributed by atoms with van der Waals surface area (Å²) in [5.74, 6) is -11.9. The molecule has 7 aromatic carbocycles. The Bertz CT molecular complexity index is 4150. The quantitative estimate of drug-likeness (QED) is 0.0967. The lowest BCUT2D eigenvalue weighted by atomic mass is 9.89. The standard InChI is InChI=1S/C63H57Cl2N9O17/c1-68-59(83)53-36-24-33(76)25-42(79)48(36)35-18-28(6-8-40(35)77)50-60(84)74-54(63(87)73-53)55(80)29-7-11-44(38(65)19-29)91-47-22-31-21-46(56(47)88-13-3-2-12-66)90-43-10-4-26(14-37(43)64)15-39-57(81)70-51(61(85)72-52(31)62(86)71-50)30-16-32(75)23-34(17-30)89-45-20-27(5-9-41(45)78)49(67)58(82)69-39/h4-11,14,16-25,39,49-55,75-80H,2-3,12-13,15,66-67H2,1H3,(H,68,83)(H,69,82)(H,70,81)(H,71,86)(H,72,85)(H,73,87)(H,74,84)/t39-,49-,50-,51+,52-,53-,54+,55-/m1/s1. The van der Waals surface area contributed by atoms with Crippen molar-refractivity contribution in [3.63, 3.8) is 0 Å². The highest BCUT2D eigenvalue weighted by Crippen LogP contribution is 2.49. The van der Waals surface area contributed by atoms with Crippen LogP contribution < -0.4 is 67.6 Å². The van der Waals surface area contributed by atoms with Gasteiger partial charge < -0.3 is 98.3 Å². The number of hydrogen-bond acceptors (Lipinski definition) is 19. The van der Waals surface area contributed by atoms with E-state index in [9.17, 15) is 45.0 Å². The van der Waals surface area contributed by atoms with Gasteiger partial charge in [-0.3, -0.25) is 33.6 Å². The van der Waals surface area contributed by atoms with E-state index >= 15 is 19.2 Å². The molecule has 0 radical (unpaired) electrons. The van der Waals surface area contributed by atoms with Gasteiger partial charge in [0.15, 0.2) is 23.0 Å². The fourth-order valence-corrected chi connectivity index (χ4v) is 11.4. The Labute approximate surface area is 526 Å². The van der Waals surface area contributed by atoms with E-state index in [1.54, 1.807) is 0 Å². The number of benzene rings is 7. The fourth-order valence-electron chi connectivity index (χ4n) is 10.9. The van der Waals surface area contributed by atoms with Crippen LogP contribution in [-0.2, 0) is 40.0 Å². The van der Waals surface area contributed by atoms with Gasteiger partial charge in [-0.2, -0.15) is 0 Å². The van der Waals surface area contributed by atoms with Gasteiger partial charge in [-0.1, -0.05) is 47.5 Å². The molecule has 17 N–H and O–H groups in total. The molecule has 91 heavy (non-hydrogen) atoms. The van der Waals surface area contributed by atoms with Crippen molar-refractivity contribution in [2.24, 2.45) is 11.5 Å². The lowest BCUT2D eigenvalue weighted by molar-refractivity contribution is -0.137. The molecule has 0 fully saturated rings. The minimum atomic E-state index is -2.11. The molecular formula is C63H57Cl2N9O17. The van der Waals surface area contributed by atoms with E-state index in [2.05, 4.69) is 37.2 Å². The van der Waals surface area contributed by atoms with Gasteiger partial charge in [0.1, 0.15) is 88.6 Å². The van der Waals surface area contributed by atoms with Crippen LogP contribution in [0, 0.1) is 0 Å². The van der Waals surface area contributed by atoms with Crippen LogP contribution in [0.4, 0.5) is 0 Å². The third kappa shape index (κ3) is 12.7. The van der Waals surface area contributed by atoms with E-state index in [1.165, 1.54) is 85.9 Å². The molecule has 0 saturated heterocycles. The first-order valence-electron chi connectivity index (χ1n) is 28.2.